The molecule has 1 amide bonds. The number of amides is 1. The van der Waals surface area contributed by atoms with E-state index in [0.717, 1.165) is 0 Å². The molecular formula is C17H17ClF2N2O3S2. The molecule has 2 aromatic carbocycles. The van der Waals surface area contributed by atoms with Gasteiger partial charge in [0.2, 0.25) is 10.0 Å². The number of thioether (sulfide) groups is 1. The molecular weight excluding hydrogens is 418 g/mol. The molecule has 0 saturated heterocycles. The molecule has 2 rings (SSSR count). The van der Waals surface area contributed by atoms with Crippen molar-refractivity contribution in [2.75, 3.05) is 5.32 Å². The average Bonchev–Trinajstić information content (AvgIpc) is 2.56. The molecule has 0 heterocycles. The number of halogens is 3. The third kappa shape index (κ3) is 5.90. The lowest BCUT2D eigenvalue weighted by molar-refractivity contribution is 0.102. The van der Waals surface area contributed by atoms with Crippen molar-refractivity contribution in [1.82, 2.24) is 4.72 Å². The maximum Gasteiger partial charge on any atom is 0.289 e. The Bertz CT molecular complexity index is 920. The molecule has 0 aliphatic heterocycles. The van der Waals surface area contributed by atoms with Crippen molar-refractivity contribution in [2.24, 2.45) is 0 Å². The number of nitrogens with one attached hydrogen (secondary N) is 2. The van der Waals surface area contributed by atoms with E-state index >= 15 is 0 Å². The first kappa shape index (κ1) is 21.6. The normalized spacial score (nSPS) is 11.8. The molecule has 0 bridgehead atoms. The molecule has 0 saturated carbocycles. The zero-order valence-electron chi connectivity index (χ0n) is 14.4. The molecule has 27 heavy (non-hydrogen) atoms. The molecule has 146 valence electrons. The predicted molar refractivity (Wildman–Crippen MR) is 103 cm³/mol. The zero-order chi connectivity index (χ0) is 20.2. The van der Waals surface area contributed by atoms with E-state index < -0.39 is 21.7 Å². The van der Waals surface area contributed by atoms with E-state index in [1.807, 2.05) is 0 Å². The number of hydrogen-bond acceptors (Lipinski definition) is 4. The van der Waals surface area contributed by atoms with Gasteiger partial charge in [0.1, 0.15) is 0 Å². The van der Waals surface area contributed by atoms with Crippen LogP contribution in [0.25, 0.3) is 0 Å². The van der Waals surface area contributed by atoms with Crippen LogP contribution in [0.3, 0.4) is 0 Å². The first-order valence-corrected chi connectivity index (χ1v) is 10.5. The van der Waals surface area contributed by atoms with Gasteiger partial charge in [0.05, 0.1) is 20.5 Å². The van der Waals surface area contributed by atoms with Gasteiger partial charge in [0.25, 0.3) is 11.7 Å². The van der Waals surface area contributed by atoms with Crippen LogP contribution < -0.4 is 10.0 Å². The Morgan fingerprint density at radius 1 is 1.11 bits per heavy atom. The molecule has 0 aliphatic carbocycles. The highest BCUT2D eigenvalue weighted by Gasteiger charge is 2.18. The molecule has 2 N–H and O–H groups in total. The van der Waals surface area contributed by atoms with Crippen LogP contribution in [0.5, 0.6) is 0 Å². The minimum Gasteiger partial charge on any atom is -0.321 e. The summed E-state index contributed by atoms with van der Waals surface area (Å²) in [5.41, 5.74) is 0.322. The number of anilines is 1. The second kappa shape index (κ2) is 9.01. The molecule has 0 atom stereocenters. The van der Waals surface area contributed by atoms with Crippen LogP contribution in [0, 0.1) is 0 Å². The van der Waals surface area contributed by atoms with E-state index in [0.29, 0.717) is 0 Å². The van der Waals surface area contributed by atoms with Crippen LogP contribution in [0.15, 0.2) is 52.3 Å². The summed E-state index contributed by atoms with van der Waals surface area (Å²) < 4.78 is 52.1. The van der Waals surface area contributed by atoms with E-state index in [4.69, 9.17) is 11.6 Å². The Balaban J connectivity index is 2.22. The molecule has 2 aromatic rings. The van der Waals surface area contributed by atoms with Gasteiger partial charge in [0, 0.05) is 11.6 Å². The van der Waals surface area contributed by atoms with Crippen molar-refractivity contribution in [1.29, 1.82) is 0 Å². The van der Waals surface area contributed by atoms with Gasteiger partial charge < -0.3 is 5.32 Å². The summed E-state index contributed by atoms with van der Waals surface area (Å²) in [6.45, 7) is 3.39. The lowest BCUT2D eigenvalue weighted by Crippen LogP contribution is -2.30. The maximum absolute atomic E-state index is 12.7. The van der Waals surface area contributed by atoms with Gasteiger partial charge in [-0.2, -0.15) is 8.78 Å². The Hall–Kier alpha value is -1.68. The first-order chi connectivity index (χ1) is 12.6. The van der Waals surface area contributed by atoms with Crippen molar-refractivity contribution in [3.63, 3.8) is 0 Å². The third-order valence-electron chi connectivity index (χ3n) is 3.24. The number of hydrogen-bond donors (Lipinski definition) is 2. The summed E-state index contributed by atoms with van der Waals surface area (Å²) >= 11 is 6.17. The number of benzene rings is 2. The smallest absolute Gasteiger partial charge is 0.289 e. The number of carbonyl (C=O) groups is 1. The Kier molecular flexibility index (Phi) is 7.21. The first-order valence-electron chi connectivity index (χ1n) is 7.77. The fourth-order valence-corrected chi connectivity index (χ4v) is 4.34. The van der Waals surface area contributed by atoms with Gasteiger partial charge in [-0.15, -0.1) is 0 Å². The van der Waals surface area contributed by atoms with Gasteiger partial charge in [-0.05, 0) is 50.2 Å². The van der Waals surface area contributed by atoms with Crippen LogP contribution in [-0.4, -0.2) is 26.1 Å². The Morgan fingerprint density at radius 2 is 1.74 bits per heavy atom. The second-order valence-corrected chi connectivity index (χ2v) is 8.87. The van der Waals surface area contributed by atoms with Gasteiger partial charge in [0.15, 0.2) is 0 Å². The largest absolute Gasteiger partial charge is 0.321 e. The molecule has 0 aromatic heterocycles. The maximum atomic E-state index is 12.7. The van der Waals surface area contributed by atoms with Gasteiger partial charge >= 0.3 is 0 Å². The van der Waals surface area contributed by atoms with Crippen molar-refractivity contribution < 1.29 is 22.0 Å². The van der Waals surface area contributed by atoms with Gasteiger partial charge in [-0.1, -0.05) is 29.4 Å². The third-order valence-corrected chi connectivity index (χ3v) is 6.19. The van der Waals surface area contributed by atoms with E-state index in [-0.39, 0.29) is 43.9 Å². The summed E-state index contributed by atoms with van der Waals surface area (Å²) in [7, 11) is -3.67. The molecule has 10 heteroatoms. The fraction of sp³-hybridized carbons (Fsp3) is 0.235. The minimum atomic E-state index is -3.67. The van der Waals surface area contributed by atoms with Crippen molar-refractivity contribution in [3.05, 3.63) is 53.1 Å². The topological polar surface area (TPSA) is 75.3 Å². The molecule has 0 radical (unpaired) electrons. The minimum absolute atomic E-state index is 0.0180. The zero-order valence-corrected chi connectivity index (χ0v) is 16.8. The molecule has 0 fully saturated rings. The predicted octanol–water partition coefficient (Wildman–Crippen LogP) is 4.59. The van der Waals surface area contributed by atoms with Crippen LogP contribution in [0.1, 0.15) is 24.2 Å². The lowest BCUT2D eigenvalue weighted by Gasteiger charge is -2.13. The van der Waals surface area contributed by atoms with Crippen LogP contribution >= 0.6 is 23.4 Å². The number of carbonyl (C=O) groups excluding carboxylic acids is 1. The fourth-order valence-electron chi connectivity index (χ4n) is 2.17. The van der Waals surface area contributed by atoms with E-state index in [1.54, 1.807) is 13.8 Å². The Morgan fingerprint density at radius 3 is 2.30 bits per heavy atom. The van der Waals surface area contributed by atoms with E-state index in [2.05, 4.69) is 10.0 Å². The van der Waals surface area contributed by atoms with E-state index in [9.17, 15) is 22.0 Å². The van der Waals surface area contributed by atoms with Crippen molar-refractivity contribution >= 4 is 45.0 Å². The molecule has 0 aliphatic rings. The van der Waals surface area contributed by atoms with Crippen molar-refractivity contribution in [2.45, 2.75) is 35.4 Å². The highest BCUT2D eigenvalue weighted by Crippen LogP contribution is 2.37. The quantitative estimate of drug-likeness (QED) is 0.625. The number of alkyl halides is 2. The standard InChI is InChI=1S/C17H17ClF2N2O3S2/c1-10(2)22-27(24,25)12-8-6-11(7-9-12)16(23)21-14-5-3-4-13(18)15(14)26-17(19)20/h3-10,17,22H,1-2H3,(H,21,23). The van der Waals surface area contributed by atoms with Crippen molar-refractivity contribution in [3.8, 4) is 0 Å². The molecule has 5 nitrogen and oxygen atoms in total. The van der Waals surface area contributed by atoms with Crippen LogP contribution in [0.2, 0.25) is 5.02 Å². The van der Waals surface area contributed by atoms with Crippen LogP contribution in [0.4, 0.5) is 14.5 Å². The number of sulfonamides is 1. The van der Waals surface area contributed by atoms with Crippen LogP contribution in [-0.2, 0) is 10.0 Å². The average molecular weight is 435 g/mol. The molecule has 0 unspecified atom stereocenters. The summed E-state index contributed by atoms with van der Waals surface area (Å²) in [5, 5.41) is 2.62. The van der Waals surface area contributed by atoms with Gasteiger partial charge in [-0.3, -0.25) is 4.79 Å². The Labute approximate surface area is 165 Å². The SMILES string of the molecule is CC(C)NS(=O)(=O)c1ccc(C(=O)Nc2cccc(Cl)c2SC(F)F)cc1. The highest BCUT2D eigenvalue weighted by atomic mass is 35.5. The summed E-state index contributed by atoms with van der Waals surface area (Å²) in [4.78, 5) is 12.5. The monoisotopic (exact) mass is 434 g/mol. The second-order valence-electron chi connectivity index (χ2n) is 5.75. The lowest BCUT2D eigenvalue weighted by atomic mass is 10.2. The summed E-state index contributed by atoms with van der Waals surface area (Å²) in [6, 6.07) is 9.44. The van der Waals surface area contributed by atoms with E-state index in [1.165, 1.54) is 42.5 Å². The number of rotatable bonds is 7. The molecule has 0 spiro atoms. The summed E-state index contributed by atoms with van der Waals surface area (Å²) in [6.07, 6.45) is 0. The highest BCUT2D eigenvalue weighted by molar-refractivity contribution is 7.99. The van der Waals surface area contributed by atoms with Gasteiger partial charge in [-0.25, -0.2) is 13.1 Å². The summed E-state index contributed by atoms with van der Waals surface area (Å²) in [5.74, 6) is -3.27.